The summed E-state index contributed by atoms with van der Waals surface area (Å²) in [6.07, 6.45) is 4.49. The van der Waals surface area contributed by atoms with Crippen LogP contribution >= 0.6 is 0 Å². The van der Waals surface area contributed by atoms with Crippen molar-refractivity contribution in [2.24, 2.45) is 5.73 Å². The summed E-state index contributed by atoms with van der Waals surface area (Å²) in [5.74, 6) is -0.183. The third kappa shape index (κ3) is 4.03. The van der Waals surface area contributed by atoms with E-state index in [9.17, 15) is 9.59 Å². The zero-order valence-corrected chi connectivity index (χ0v) is 14.1. The van der Waals surface area contributed by atoms with Crippen molar-refractivity contribution < 1.29 is 9.59 Å². The Morgan fingerprint density at radius 3 is 2.88 bits per heavy atom. The lowest BCUT2D eigenvalue weighted by molar-refractivity contribution is -0.116. The first-order valence-electron chi connectivity index (χ1n) is 8.55. The summed E-state index contributed by atoms with van der Waals surface area (Å²) >= 11 is 0. The third-order valence-corrected chi connectivity index (χ3v) is 4.22. The molecule has 0 saturated carbocycles. The van der Waals surface area contributed by atoms with Crippen molar-refractivity contribution in [2.75, 3.05) is 23.3 Å². The van der Waals surface area contributed by atoms with Crippen molar-refractivity contribution in [2.45, 2.75) is 25.7 Å². The molecule has 130 valence electrons. The van der Waals surface area contributed by atoms with Gasteiger partial charge in [-0.1, -0.05) is 12.1 Å². The Labute approximate surface area is 147 Å². The number of nitrogens with two attached hydrogens (primary N) is 1. The highest BCUT2D eigenvalue weighted by molar-refractivity contribution is 6.06. The van der Waals surface area contributed by atoms with Crippen LogP contribution in [0.25, 0.3) is 0 Å². The summed E-state index contributed by atoms with van der Waals surface area (Å²) in [5, 5.41) is 2.88. The largest absolute Gasteiger partial charge is 0.330 e. The molecule has 25 heavy (non-hydrogen) atoms. The molecule has 0 unspecified atom stereocenters. The van der Waals surface area contributed by atoms with E-state index in [1.165, 1.54) is 0 Å². The number of nitrogens with zero attached hydrogens (tertiary/aromatic N) is 2. The predicted octanol–water partition coefficient (Wildman–Crippen LogP) is 2.35. The molecule has 0 bridgehead atoms. The van der Waals surface area contributed by atoms with Crippen LogP contribution in [0.5, 0.6) is 0 Å². The number of hydrogen-bond acceptors (Lipinski definition) is 4. The van der Waals surface area contributed by atoms with E-state index in [2.05, 4.69) is 10.3 Å². The van der Waals surface area contributed by atoms with Gasteiger partial charge >= 0.3 is 0 Å². The van der Waals surface area contributed by atoms with Gasteiger partial charge in [-0.05, 0) is 55.6 Å². The highest BCUT2D eigenvalue weighted by Crippen LogP contribution is 2.31. The first-order valence-corrected chi connectivity index (χ1v) is 8.55. The number of benzene rings is 1. The fourth-order valence-corrected chi connectivity index (χ4v) is 2.98. The standard InChI is InChI=1S/C19H22N4O2/c20-10-3-7-18(24)22-15-9-8-14-5-4-12-23(17(14)13-15)19(25)16-6-1-2-11-21-16/h1-2,6,8-9,11,13H,3-5,7,10,12,20H2,(H,22,24). The number of aromatic nitrogens is 1. The predicted molar refractivity (Wildman–Crippen MR) is 97.6 cm³/mol. The summed E-state index contributed by atoms with van der Waals surface area (Å²) in [6.45, 7) is 1.14. The van der Waals surface area contributed by atoms with Crippen LogP contribution in [0.2, 0.25) is 0 Å². The van der Waals surface area contributed by atoms with Crippen molar-refractivity contribution in [1.82, 2.24) is 4.98 Å². The molecular formula is C19H22N4O2. The smallest absolute Gasteiger partial charge is 0.276 e. The molecule has 0 aliphatic carbocycles. The number of carbonyl (C=O) groups is 2. The van der Waals surface area contributed by atoms with E-state index in [1.54, 1.807) is 29.3 Å². The Bertz CT molecular complexity index is 761. The van der Waals surface area contributed by atoms with E-state index >= 15 is 0 Å². The molecule has 2 amide bonds. The van der Waals surface area contributed by atoms with Crippen LogP contribution in [0, 0.1) is 0 Å². The van der Waals surface area contributed by atoms with E-state index in [0.717, 1.165) is 24.1 Å². The summed E-state index contributed by atoms with van der Waals surface area (Å²) in [4.78, 5) is 30.6. The third-order valence-electron chi connectivity index (χ3n) is 4.22. The summed E-state index contributed by atoms with van der Waals surface area (Å²) in [6, 6.07) is 11.0. The maximum absolute atomic E-state index is 12.8. The lowest BCUT2D eigenvalue weighted by Gasteiger charge is -2.29. The van der Waals surface area contributed by atoms with Gasteiger partial charge in [-0.3, -0.25) is 14.6 Å². The van der Waals surface area contributed by atoms with E-state index in [1.807, 2.05) is 18.2 Å². The van der Waals surface area contributed by atoms with Crippen molar-refractivity contribution >= 4 is 23.2 Å². The zero-order chi connectivity index (χ0) is 17.6. The number of rotatable bonds is 5. The highest BCUT2D eigenvalue weighted by Gasteiger charge is 2.24. The van der Waals surface area contributed by atoms with Crippen LogP contribution in [0.3, 0.4) is 0 Å². The van der Waals surface area contributed by atoms with E-state index in [0.29, 0.717) is 37.3 Å². The molecule has 6 heteroatoms. The van der Waals surface area contributed by atoms with Crippen LogP contribution < -0.4 is 16.0 Å². The Morgan fingerprint density at radius 1 is 1.24 bits per heavy atom. The maximum atomic E-state index is 12.8. The minimum Gasteiger partial charge on any atom is -0.330 e. The Kier molecular flexibility index (Phi) is 5.40. The number of amides is 2. The van der Waals surface area contributed by atoms with Crippen LogP contribution in [0.1, 0.15) is 35.3 Å². The summed E-state index contributed by atoms with van der Waals surface area (Å²) < 4.78 is 0. The molecular weight excluding hydrogens is 316 g/mol. The molecule has 1 aromatic carbocycles. The molecule has 3 N–H and O–H groups in total. The highest BCUT2D eigenvalue weighted by atomic mass is 16.2. The van der Waals surface area contributed by atoms with E-state index < -0.39 is 0 Å². The molecule has 6 nitrogen and oxygen atoms in total. The van der Waals surface area contributed by atoms with Gasteiger partial charge in [-0.15, -0.1) is 0 Å². The molecule has 1 aliphatic rings. The number of hydrogen-bond donors (Lipinski definition) is 2. The van der Waals surface area contributed by atoms with Crippen molar-refractivity contribution in [3.63, 3.8) is 0 Å². The second-order valence-corrected chi connectivity index (χ2v) is 6.06. The Balaban J connectivity index is 1.83. The minimum absolute atomic E-state index is 0.0659. The molecule has 2 heterocycles. The SMILES string of the molecule is NCCCC(=O)Nc1ccc2c(c1)N(C(=O)c1ccccn1)CCC2. The molecule has 0 fully saturated rings. The van der Waals surface area contributed by atoms with Gasteiger partial charge in [0.05, 0.1) is 0 Å². The topological polar surface area (TPSA) is 88.3 Å². The monoisotopic (exact) mass is 338 g/mol. The molecule has 1 aliphatic heterocycles. The molecule has 0 atom stereocenters. The number of carbonyl (C=O) groups excluding carboxylic acids is 2. The molecule has 2 aromatic rings. The molecule has 0 radical (unpaired) electrons. The lowest BCUT2D eigenvalue weighted by Crippen LogP contribution is -2.36. The Hall–Kier alpha value is -2.73. The molecule has 3 rings (SSSR count). The van der Waals surface area contributed by atoms with Crippen LogP contribution in [-0.4, -0.2) is 29.9 Å². The van der Waals surface area contributed by atoms with Gasteiger partial charge in [0.15, 0.2) is 0 Å². The zero-order valence-electron chi connectivity index (χ0n) is 14.1. The molecule has 1 aromatic heterocycles. The second-order valence-electron chi connectivity index (χ2n) is 6.06. The van der Waals surface area contributed by atoms with Crippen molar-refractivity contribution in [3.05, 3.63) is 53.9 Å². The normalized spacial score (nSPS) is 13.2. The van der Waals surface area contributed by atoms with Crippen LogP contribution in [0.15, 0.2) is 42.6 Å². The van der Waals surface area contributed by atoms with Gasteiger partial charge in [-0.25, -0.2) is 0 Å². The summed E-state index contributed by atoms with van der Waals surface area (Å²) in [7, 11) is 0. The minimum atomic E-state index is -0.117. The lowest BCUT2D eigenvalue weighted by atomic mass is 10.0. The number of pyridine rings is 1. The van der Waals surface area contributed by atoms with Gasteiger partial charge < -0.3 is 16.0 Å². The number of anilines is 2. The second kappa shape index (κ2) is 7.90. The fourth-order valence-electron chi connectivity index (χ4n) is 2.98. The van der Waals surface area contributed by atoms with Crippen LogP contribution in [0.4, 0.5) is 11.4 Å². The number of fused-ring (bicyclic) bond motifs is 1. The van der Waals surface area contributed by atoms with Gasteiger partial charge in [0.25, 0.3) is 5.91 Å². The first kappa shape index (κ1) is 17.1. The summed E-state index contributed by atoms with van der Waals surface area (Å²) in [5.41, 5.74) is 8.51. The van der Waals surface area contributed by atoms with E-state index in [4.69, 9.17) is 5.73 Å². The van der Waals surface area contributed by atoms with Crippen molar-refractivity contribution in [1.29, 1.82) is 0 Å². The maximum Gasteiger partial charge on any atom is 0.276 e. The van der Waals surface area contributed by atoms with Crippen molar-refractivity contribution in [3.8, 4) is 0 Å². The quantitative estimate of drug-likeness (QED) is 0.876. The van der Waals surface area contributed by atoms with Gasteiger partial charge in [0, 0.05) is 30.5 Å². The average Bonchev–Trinajstić information content (AvgIpc) is 2.66. The average molecular weight is 338 g/mol. The number of nitrogens with one attached hydrogen (secondary N) is 1. The Morgan fingerprint density at radius 2 is 2.12 bits per heavy atom. The van der Waals surface area contributed by atoms with Gasteiger partial charge in [0.2, 0.25) is 5.91 Å². The number of aryl methyl sites for hydroxylation is 1. The molecule has 0 saturated heterocycles. The van der Waals surface area contributed by atoms with E-state index in [-0.39, 0.29) is 11.8 Å². The van der Waals surface area contributed by atoms with Gasteiger partial charge in [0.1, 0.15) is 5.69 Å². The molecule has 0 spiro atoms. The first-order chi connectivity index (χ1) is 12.2. The fraction of sp³-hybridized carbons (Fsp3) is 0.316. The van der Waals surface area contributed by atoms with Crippen LogP contribution in [-0.2, 0) is 11.2 Å². The van der Waals surface area contributed by atoms with Gasteiger partial charge in [-0.2, -0.15) is 0 Å².